The summed E-state index contributed by atoms with van der Waals surface area (Å²) in [6.45, 7) is 4.00. The van der Waals surface area contributed by atoms with E-state index in [1.165, 1.54) is 0 Å². The van der Waals surface area contributed by atoms with E-state index in [-0.39, 0.29) is 0 Å². The Morgan fingerprint density at radius 1 is 1.12 bits per heavy atom. The van der Waals surface area contributed by atoms with Gasteiger partial charge in [0.2, 0.25) is 0 Å². The Balaban J connectivity index is 0.00000106. The van der Waals surface area contributed by atoms with E-state index in [0.717, 1.165) is 6.07 Å². The smallest absolute Gasteiger partial charge is 0.423 e. The van der Waals surface area contributed by atoms with E-state index in [2.05, 4.69) is 0 Å². The fourth-order valence-electron chi connectivity index (χ4n) is 0.921. The van der Waals surface area contributed by atoms with E-state index < -0.39 is 30.1 Å². The van der Waals surface area contributed by atoms with Gasteiger partial charge in [0.05, 0.1) is 5.56 Å². The molecule has 16 heavy (non-hydrogen) atoms. The van der Waals surface area contributed by atoms with Crippen LogP contribution >= 0.6 is 0 Å². The second kappa shape index (κ2) is 5.86. The lowest BCUT2D eigenvalue weighted by Crippen LogP contribution is -2.31. The molecule has 1 aromatic carbocycles. The quantitative estimate of drug-likeness (QED) is 0.575. The van der Waals surface area contributed by atoms with Gasteiger partial charge in [0, 0.05) is 0 Å². The van der Waals surface area contributed by atoms with Crippen LogP contribution in [0.3, 0.4) is 0 Å². The molecule has 0 amide bonds. The zero-order valence-electron chi connectivity index (χ0n) is 8.72. The molecule has 0 spiro atoms. The van der Waals surface area contributed by atoms with Gasteiger partial charge in [0.1, 0.15) is 5.82 Å². The molecule has 2 nitrogen and oxygen atoms in total. The van der Waals surface area contributed by atoms with Crippen LogP contribution in [-0.2, 0) is 6.18 Å². The van der Waals surface area contributed by atoms with Crippen molar-refractivity contribution in [1.82, 2.24) is 0 Å². The van der Waals surface area contributed by atoms with Crippen LogP contribution in [0.25, 0.3) is 0 Å². The normalized spacial score (nSPS) is 10.5. The van der Waals surface area contributed by atoms with Crippen LogP contribution in [0.5, 0.6) is 0 Å². The van der Waals surface area contributed by atoms with Crippen LogP contribution in [0.4, 0.5) is 17.6 Å². The lowest BCUT2D eigenvalue weighted by atomic mass is 9.79. The van der Waals surface area contributed by atoms with E-state index in [9.17, 15) is 17.6 Å². The summed E-state index contributed by atoms with van der Waals surface area (Å²) in [7, 11) is -2.04. The SMILES string of the molecule is CC.OB(O)c1ccc(F)c(C(F)(F)F)c1. The molecule has 0 atom stereocenters. The molecule has 0 saturated carbocycles. The molecule has 0 saturated heterocycles. The Kier molecular flexibility index (Phi) is 5.47. The third-order valence-electron chi connectivity index (χ3n) is 1.59. The minimum Gasteiger partial charge on any atom is -0.423 e. The van der Waals surface area contributed by atoms with Crippen molar-refractivity contribution in [2.75, 3.05) is 0 Å². The Bertz CT molecular complexity index is 339. The van der Waals surface area contributed by atoms with E-state index in [1.807, 2.05) is 13.8 Å². The molecular formula is C9H11BF4O2. The number of hydrogen-bond acceptors (Lipinski definition) is 2. The third-order valence-corrected chi connectivity index (χ3v) is 1.59. The largest absolute Gasteiger partial charge is 0.488 e. The maximum atomic E-state index is 12.6. The first-order chi connectivity index (χ1) is 7.32. The summed E-state index contributed by atoms with van der Waals surface area (Å²) in [5.74, 6) is -1.44. The summed E-state index contributed by atoms with van der Waals surface area (Å²) in [5.41, 5.74) is -1.91. The Hall–Kier alpha value is -1.08. The number of alkyl halides is 3. The molecule has 90 valence electrons. The van der Waals surface area contributed by atoms with Gasteiger partial charge >= 0.3 is 13.3 Å². The minimum atomic E-state index is -4.84. The predicted molar refractivity (Wildman–Crippen MR) is 52.6 cm³/mol. The highest BCUT2D eigenvalue weighted by Crippen LogP contribution is 2.30. The first kappa shape index (κ1) is 14.9. The molecule has 1 rings (SSSR count). The van der Waals surface area contributed by atoms with Crippen LogP contribution in [0.1, 0.15) is 19.4 Å². The van der Waals surface area contributed by atoms with Crippen molar-refractivity contribution in [3.63, 3.8) is 0 Å². The summed E-state index contributed by atoms with van der Waals surface area (Å²) >= 11 is 0. The van der Waals surface area contributed by atoms with Gasteiger partial charge in [-0.15, -0.1) is 0 Å². The first-order valence-corrected chi connectivity index (χ1v) is 4.55. The number of benzene rings is 1. The Morgan fingerprint density at radius 2 is 1.62 bits per heavy atom. The summed E-state index contributed by atoms with van der Waals surface area (Å²) < 4.78 is 48.9. The van der Waals surface area contributed by atoms with Crippen molar-refractivity contribution in [3.05, 3.63) is 29.6 Å². The van der Waals surface area contributed by atoms with Gasteiger partial charge in [-0.1, -0.05) is 19.9 Å². The molecule has 7 heteroatoms. The van der Waals surface area contributed by atoms with Crippen LogP contribution in [0.15, 0.2) is 18.2 Å². The molecule has 2 N–H and O–H groups in total. The molecule has 1 aromatic rings. The average Bonchev–Trinajstić information content (AvgIpc) is 2.19. The highest BCUT2D eigenvalue weighted by Gasteiger charge is 2.34. The summed E-state index contributed by atoms with van der Waals surface area (Å²) in [4.78, 5) is 0. The van der Waals surface area contributed by atoms with Gasteiger partial charge < -0.3 is 10.0 Å². The van der Waals surface area contributed by atoms with Crippen LogP contribution in [0.2, 0.25) is 0 Å². The van der Waals surface area contributed by atoms with Crippen molar-refractivity contribution in [1.29, 1.82) is 0 Å². The summed E-state index contributed by atoms with van der Waals surface area (Å²) in [6.07, 6.45) is -4.84. The molecule has 0 aliphatic heterocycles. The van der Waals surface area contributed by atoms with Crippen LogP contribution in [-0.4, -0.2) is 17.2 Å². The molecule has 0 heterocycles. The van der Waals surface area contributed by atoms with E-state index >= 15 is 0 Å². The molecule has 0 aliphatic rings. The van der Waals surface area contributed by atoms with Crippen molar-refractivity contribution < 1.29 is 27.6 Å². The standard InChI is InChI=1S/C7H5BF4O2.C2H6/c9-6-2-1-4(8(13)14)3-5(6)7(10,11)12;1-2/h1-3,13-14H;1-2H3. The van der Waals surface area contributed by atoms with Gasteiger partial charge in [0.15, 0.2) is 0 Å². The molecule has 0 unspecified atom stereocenters. The van der Waals surface area contributed by atoms with Gasteiger partial charge in [-0.3, -0.25) is 0 Å². The maximum Gasteiger partial charge on any atom is 0.488 e. The third kappa shape index (κ3) is 3.82. The zero-order chi connectivity index (χ0) is 12.9. The molecule has 0 aliphatic carbocycles. The Morgan fingerprint density at radius 3 is 2.00 bits per heavy atom. The first-order valence-electron chi connectivity index (χ1n) is 4.55. The van der Waals surface area contributed by atoms with Crippen molar-refractivity contribution >= 4 is 12.6 Å². The fraction of sp³-hybridized carbons (Fsp3) is 0.333. The topological polar surface area (TPSA) is 40.5 Å². The van der Waals surface area contributed by atoms with Crippen LogP contribution in [0, 0.1) is 5.82 Å². The van der Waals surface area contributed by atoms with Crippen molar-refractivity contribution in [2.45, 2.75) is 20.0 Å². The summed E-state index contributed by atoms with van der Waals surface area (Å²) in [6, 6.07) is 1.77. The zero-order valence-corrected chi connectivity index (χ0v) is 8.72. The van der Waals surface area contributed by atoms with E-state index in [4.69, 9.17) is 10.0 Å². The van der Waals surface area contributed by atoms with E-state index in [1.54, 1.807) is 0 Å². The number of rotatable bonds is 1. The van der Waals surface area contributed by atoms with Gasteiger partial charge in [-0.05, 0) is 17.6 Å². The molecular weight excluding hydrogens is 227 g/mol. The maximum absolute atomic E-state index is 12.6. The Labute approximate surface area is 90.7 Å². The van der Waals surface area contributed by atoms with Gasteiger partial charge in [-0.2, -0.15) is 13.2 Å². The van der Waals surface area contributed by atoms with Crippen molar-refractivity contribution in [3.8, 4) is 0 Å². The average molecular weight is 238 g/mol. The lowest BCUT2D eigenvalue weighted by Gasteiger charge is -2.09. The van der Waals surface area contributed by atoms with Crippen molar-refractivity contribution in [2.24, 2.45) is 0 Å². The summed E-state index contributed by atoms with van der Waals surface area (Å²) in [5, 5.41) is 17.1. The molecule has 0 fully saturated rings. The molecule has 0 aromatic heterocycles. The monoisotopic (exact) mass is 238 g/mol. The highest BCUT2D eigenvalue weighted by molar-refractivity contribution is 6.58. The van der Waals surface area contributed by atoms with Gasteiger partial charge in [0.25, 0.3) is 0 Å². The predicted octanol–water partition coefficient (Wildman–Crippen LogP) is 1.55. The lowest BCUT2D eigenvalue weighted by molar-refractivity contribution is -0.139. The highest BCUT2D eigenvalue weighted by atomic mass is 19.4. The van der Waals surface area contributed by atoms with E-state index in [0.29, 0.717) is 12.1 Å². The second-order valence-electron chi connectivity index (χ2n) is 2.61. The second-order valence-corrected chi connectivity index (χ2v) is 2.61. The molecule has 0 bridgehead atoms. The van der Waals surface area contributed by atoms with Gasteiger partial charge in [-0.25, -0.2) is 4.39 Å². The molecule has 0 radical (unpaired) electrons. The minimum absolute atomic E-state index is 0.361. The number of hydrogen-bond donors (Lipinski definition) is 2. The number of halogens is 4. The van der Waals surface area contributed by atoms with Crippen LogP contribution < -0.4 is 5.46 Å². The fourth-order valence-corrected chi connectivity index (χ4v) is 0.921.